The van der Waals surface area contributed by atoms with Crippen LogP contribution in [0.5, 0.6) is 0 Å². The summed E-state index contributed by atoms with van der Waals surface area (Å²) in [5.74, 6) is 1.09. The molecule has 7 heteroatoms. The van der Waals surface area contributed by atoms with Crippen LogP contribution in [0.2, 0.25) is 10.0 Å². The number of piperidine rings is 1. The highest BCUT2D eigenvalue weighted by molar-refractivity contribution is 9.11. The summed E-state index contributed by atoms with van der Waals surface area (Å²) in [5.41, 5.74) is 6.41. The Labute approximate surface area is 260 Å². The van der Waals surface area contributed by atoms with Gasteiger partial charge in [0.05, 0.1) is 11.0 Å². The summed E-state index contributed by atoms with van der Waals surface area (Å²) >= 11 is 16.1. The number of rotatable bonds is 9. The maximum absolute atomic E-state index is 13.4. The first-order valence-electron chi connectivity index (χ1n) is 13.9. The molecule has 1 aliphatic heterocycles. The van der Waals surface area contributed by atoms with E-state index in [1.165, 1.54) is 23.3 Å². The highest BCUT2D eigenvalue weighted by atomic mass is 79.9. The van der Waals surface area contributed by atoms with E-state index >= 15 is 0 Å². The number of fused-ring (bicyclic) bond motifs is 1. The van der Waals surface area contributed by atoms with E-state index < -0.39 is 0 Å². The predicted molar refractivity (Wildman–Crippen MR) is 174 cm³/mol. The van der Waals surface area contributed by atoms with E-state index in [1.807, 2.05) is 49.4 Å². The maximum Gasteiger partial charge on any atom is 0.140 e. The lowest BCUT2D eigenvalue weighted by Gasteiger charge is -2.32. The molecule has 1 aromatic heterocycles. The van der Waals surface area contributed by atoms with Crippen LogP contribution in [0.1, 0.15) is 48.2 Å². The quantitative estimate of drug-likeness (QED) is 0.168. The molecule has 5 rings (SSSR count). The zero-order valence-corrected chi connectivity index (χ0v) is 26.2. The van der Waals surface area contributed by atoms with Gasteiger partial charge in [-0.05, 0) is 110 Å². The van der Waals surface area contributed by atoms with Gasteiger partial charge in [-0.15, -0.1) is 0 Å². The van der Waals surface area contributed by atoms with Crippen molar-refractivity contribution in [3.8, 4) is 0 Å². The fraction of sp³-hybridized carbons (Fsp3) is 0.265. The molecule has 1 fully saturated rings. The lowest BCUT2D eigenvalue weighted by molar-refractivity contribution is 0.205. The van der Waals surface area contributed by atoms with Crippen molar-refractivity contribution in [2.24, 2.45) is 0 Å². The van der Waals surface area contributed by atoms with Crippen LogP contribution in [0.15, 0.2) is 90.0 Å². The highest BCUT2D eigenvalue weighted by Gasteiger charge is 2.22. The second-order valence-electron chi connectivity index (χ2n) is 10.6. The number of imidazole rings is 1. The van der Waals surface area contributed by atoms with Crippen LogP contribution in [0.25, 0.3) is 16.6 Å². The second-order valence-corrected chi connectivity index (χ2v) is 12.4. The summed E-state index contributed by atoms with van der Waals surface area (Å²) in [6.07, 6.45) is 8.88. The van der Waals surface area contributed by atoms with Crippen molar-refractivity contribution in [3.63, 3.8) is 0 Å². The Kier molecular flexibility index (Phi) is 9.82. The van der Waals surface area contributed by atoms with Gasteiger partial charge in [0.1, 0.15) is 11.6 Å². The first-order chi connectivity index (χ1) is 19.8. The molecule has 3 aromatic carbocycles. The Hall–Kier alpha value is -2.70. The van der Waals surface area contributed by atoms with Crippen molar-refractivity contribution in [3.05, 3.63) is 128 Å². The molecular formula is C34H33BrCl2FN3. The first-order valence-corrected chi connectivity index (χ1v) is 15.4. The van der Waals surface area contributed by atoms with Crippen LogP contribution in [0.3, 0.4) is 0 Å². The van der Waals surface area contributed by atoms with Crippen molar-refractivity contribution in [1.29, 1.82) is 0 Å². The number of hydrogen-bond acceptors (Lipinski definition) is 2. The third-order valence-corrected chi connectivity index (χ3v) is 8.55. The normalized spacial score (nSPS) is 15.3. The highest BCUT2D eigenvalue weighted by Crippen LogP contribution is 2.33. The van der Waals surface area contributed by atoms with E-state index in [9.17, 15) is 4.39 Å². The van der Waals surface area contributed by atoms with Crippen LogP contribution < -0.4 is 0 Å². The Bertz CT molecular complexity index is 1580. The molecular weight excluding hydrogens is 620 g/mol. The molecule has 4 aromatic rings. The minimum atomic E-state index is -0.222. The molecule has 0 radical (unpaired) electrons. The molecule has 2 heterocycles. The minimum Gasteiger partial charge on any atom is -0.324 e. The third-order valence-electron chi connectivity index (χ3n) is 7.63. The molecule has 0 aliphatic carbocycles. The topological polar surface area (TPSA) is 21.1 Å². The molecule has 0 atom stereocenters. The van der Waals surface area contributed by atoms with E-state index in [0.29, 0.717) is 22.5 Å². The molecule has 0 amide bonds. The summed E-state index contributed by atoms with van der Waals surface area (Å²) in [4.78, 5) is 7.55. The lowest BCUT2D eigenvalue weighted by atomic mass is 9.89. The molecule has 0 bridgehead atoms. The Morgan fingerprint density at radius 1 is 1.02 bits per heavy atom. The van der Waals surface area contributed by atoms with Gasteiger partial charge in [-0.1, -0.05) is 76.1 Å². The first kappa shape index (κ1) is 29.8. The van der Waals surface area contributed by atoms with Crippen molar-refractivity contribution < 1.29 is 4.39 Å². The van der Waals surface area contributed by atoms with Crippen LogP contribution in [-0.4, -0.2) is 27.5 Å². The van der Waals surface area contributed by atoms with Crippen LogP contribution in [0, 0.1) is 5.82 Å². The van der Waals surface area contributed by atoms with Crippen LogP contribution in [0.4, 0.5) is 4.39 Å². The number of halogens is 4. The number of hydrogen-bond donors (Lipinski definition) is 0. The molecule has 0 saturated carbocycles. The van der Waals surface area contributed by atoms with E-state index in [4.69, 9.17) is 28.2 Å². The molecule has 0 spiro atoms. The Balaban J connectivity index is 1.34. The number of likely N-dealkylation sites (tertiary alicyclic amines) is 1. The van der Waals surface area contributed by atoms with E-state index in [2.05, 4.69) is 50.2 Å². The van der Waals surface area contributed by atoms with Gasteiger partial charge in [0.15, 0.2) is 0 Å². The molecule has 3 nitrogen and oxygen atoms in total. The van der Waals surface area contributed by atoms with Gasteiger partial charge >= 0.3 is 0 Å². The lowest BCUT2D eigenvalue weighted by Crippen LogP contribution is -2.32. The van der Waals surface area contributed by atoms with Crippen molar-refractivity contribution >= 4 is 55.7 Å². The second kappa shape index (κ2) is 13.5. The van der Waals surface area contributed by atoms with Gasteiger partial charge in [0.2, 0.25) is 0 Å². The zero-order chi connectivity index (χ0) is 28.9. The van der Waals surface area contributed by atoms with Gasteiger partial charge in [-0.3, -0.25) is 4.90 Å². The van der Waals surface area contributed by atoms with Gasteiger partial charge in [-0.2, -0.15) is 0 Å². The molecule has 0 N–H and O–H groups in total. The van der Waals surface area contributed by atoms with Gasteiger partial charge in [0.25, 0.3) is 0 Å². The smallest absolute Gasteiger partial charge is 0.140 e. The van der Waals surface area contributed by atoms with Crippen molar-refractivity contribution in [1.82, 2.24) is 14.5 Å². The summed E-state index contributed by atoms with van der Waals surface area (Å²) in [6, 6.07) is 19.2. The molecule has 0 unspecified atom stereocenters. The number of benzene rings is 3. The summed E-state index contributed by atoms with van der Waals surface area (Å²) in [5, 5.41) is 1.40. The fourth-order valence-electron chi connectivity index (χ4n) is 5.57. The number of allylic oxidation sites excluding steroid dienone is 5. The molecule has 41 heavy (non-hydrogen) atoms. The molecule has 1 aliphatic rings. The predicted octanol–water partition coefficient (Wildman–Crippen LogP) is 9.97. The third kappa shape index (κ3) is 7.58. The zero-order valence-electron chi connectivity index (χ0n) is 23.1. The number of nitrogens with zero attached hydrogens (tertiary/aromatic N) is 3. The fourth-order valence-corrected chi connectivity index (χ4v) is 6.65. The maximum atomic E-state index is 13.4. The Morgan fingerprint density at radius 3 is 2.39 bits per heavy atom. The van der Waals surface area contributed by atoms with Crippen LogP contribution in [-0.2, 0) is 19.5 Å². The molecule has 1 saturated heterocycles. The largest absolute Gasteiger partial charge is 0.324 e. The van der Waals surface area contributed by atoms with E-state index in [1.54, 1.807) is 6.07 Å². The number of aromatic nitrogens is 2. The van der Waals surface area contributed by atoms with Crippen LogP contribution >= 0.6 is 39.1 Å². The van der Waals surface area contributed by atoms with Gasteiger partial charge in [0, 0.05) is 33.2 Å². The monoisotopic (exact) mass is 651 g/mol. The Morgan fingerprint density at radius 2 is 1.71 bits per heavy atom. The van der Waals surface area contributed by atoms with E-state index in [0.717, 1.165) is 71.4 Å². The van der Waals surface area contributed by atoms with Gasteiger partial charge in [-0.25, -0.2) is 9.37 Å². The minimum absolute atomic E-state index is 0.222. The van der Waals surface area contributed by atoms with E-state index in [-0.39, 0.29) is 5.82 Å². The summed E-state index contributed by atoms with van der Waals surface area (Å²) in [7, 11) is 0. The average molecular weight is 653 g/mol. The van der Waals surface area contributed by atoms with Crippen molar-refractivity contribution in [2.45, 2.75) is 45.2 Å². The summed E-state index contributed by atoms with van der Waals surface area (Å²) < 4.78 is 16.6. The van der Waals surface area contributed by atoms with Gasteiger partial charge < -0.3 is 4.57 Å². The summed E-state index contributed by atoms with van der Waals surface area (Å²) in [6.45, 7) is 9.94. The standard InChI is InChI=1S/C34H33BrCl2FN3/c1-3-4-28(35)17-23(2)34-39-32-18-25(7-10-33(32)41(34)16-11-24-5-8-31(38)9-6-24)22-40-14-12-26(13-15-40)27-19-29(36)21-30(37)20-27/h3-10,17-21,26H,2,11-16,22H2,1H3/b4-3-,28-17+. The average Bonchev–Trinajstić information content (AvgIpc) is 3.30. The SMILES string of the molecule is C=C(/C=C(Br)\C=C/C)c1nc2cc(CN3CCC(c4cc(Cl)cc(Cl)c4)CC3)ccc2n1CCc1ccc(F)cc1. The molecule has 212 valence electrons. The van der Waals surface area contributed by atoms with Crippen molar-refractivity contribution in [2.75, 3.05) is 13.1 Å². The number of aryl methyl sites for hydroxylation is 2.